The topological polar surface area (TPSA) is 157 Å². The van der Waals surface area contributed by atoms with Gasteiger partial charge in [-0.3, -0.25) is 34.3 Å². The molecule has 1 aromatic heterocycles. The van der Waals surface area contributed by atoms with Crippen LogP contribution in [0.25, 0.3) is 0 Å². The molecule has 11 nitrogen and oxygen atoms in total. The number of likely N-dealkylation sites (tertiary alicyclic amines) is 1. The Kier molecular flexibility index (Phi) is 8.81. The number of benzene rings is 2. The molecular formula is C36H29Cl2F3N4O7. The number of phenols is 1. The smallest absolute Gasteiger partial charge is 0.417 e. The van der Waals surface area contributed by atoms with E-state index in [9.17, 15) is 37.5 Å². The lowest BCUT2D eigenvalue weighted by molar-refractivity contribution is -0.142. The number of carbonyl (C=O) groups is 5. The molecule has 2 aromatic carbocycles. The van der Waals surface area contributed by atoms with E-state index >= 15 is 4.79 Å². The number of nitrogens with one attached hydrogen (secondary N) is 1. The van der Waals surface area contributed by atoms with Crippen LogP contribution in [-0.2, 0) is 35.6 Å². The van der Waals surface area contributed by atoms with Gasteiger partial charge < -0.3 is 10.2 Å². The largest absolute Gasteiger partial charge is 0.508 e. The van der Waals surface area contributed by atoms with Crippen molar-refractivity contribution in [3.8, 4) is 5.75 Å². The van der Waals surface area contributed by atoms with Gasteiger partial charge in [-0.25, -0.2) is 4.98 Å². The highest BCUT2D eigenvalue weighted by Gasteiger charge is 2.70. The Morgan fingerprint density at radius 1 is 1.00 bits per heavy atom. The molecule has 0 spiro atoms. The number of carbonyl (C=O) groups excluding carboxylic acids is 4. The number of amides is 4. The van der Waals surface area contributed by atoms with Crippen LogP contribution >= 0.6 is 23.2 Å². The maximum Gasteiger partial charge on any atom is 0.417 e. The van der Waals surface area contributed by atoms with Gasteiger partial charge in [0.1, 0.15) is 5.75 Å². The number of fused-ring (bicyclic) bond motifs is 4. The minimum Gasteiger partial charge on any atom is -0.508 e. The van der Waals surface area contributed by atoms with Crippen LogP contribution in [0.1, 0.15) is 48.3 Å². The van der Waals surface area contributed by atoms with Crippen molar-refractivity contribution >= 4 is 58.6 Å². The first-order valence-electron chi connectivity index (χ1n) is 16.3. The summed E-state index contributed by atoms with van der Waals surface area (Å²) in [4.78, 5) is 73.4. The van der Waals surface area contributed by atoms with E-state index < -0.39 is 87.2 Å². The van der Waals surface area contributed by atoms with Crippen LogP contribution in [-0.4, -0.2) is 61.2 Å². The molecule has 6 atom stereocenters. The Hall–Kier alpha value is -4.95. The molecule has 3 fully saturated rings. The van der Waals surface area contributed by atoms with E-state index in [1.165, 1.54) is 18.2 Å². The average Bonchev–Trinajstić information content (AvgIpc) is 3.46. The van der Waals surface area contributed by atoms with Gasteiger partial charge in [0.15, 0.2) is 5.82 Å². The van der Waals surface area contributed by atoms with Gasteiger partial charge in [0.2, 0.25) is 11.8 Å². The quantitative estimate of drug-likeness (QED) is 0.186. The number of aromatic hydroxyl groups is 1. The number of anilines is 1. The first-order valence-corrected chi connectivity index (χ1v) is 17.1. The third-order valence-electron chi connectivity index (χ3n) is 10.7. The number of imide groups is 2. The minimum atomic E-state index is -4.76. The number of halogens is 5. The van der Waals surface area contributed by atoms with Gasteiger partial charge in [-0.15, -0.1) is 0 Å². The number of nitrogens with zero attached hydrogens (tertiary/aromatic N) is 3. The van der Waals surface area contributed by atoms with E-state index in [2.05, 4.69) is 10.4 Å². The molecule has 3 aromatic rings. The van der Waals surface area contributed by atoms with Crippen molar-refractivity contribution in [1.82, 2.24) is 14.9 Å². The zero-order valence-electron chi connectivity index (χ0n) is 26.9. The number of phenolic OH excluding ortho intramolecular Hbond substituents is 1. The fourth-order valence-corrected chi connectivity index (χ4v) is 8.87. The highest BCUT2D eigenvalue weighted by Crippen LogP contribution is 2.65. The number of alkyl halides is 3. The van der Waals surface area contributed by atoms with Crippen LogP contribution in [0.3, 0.4) is 0 Å². The molecule has 2 aliphatic carbocycles. The molecular weight excluding hydrogens is 728 g/mol. The Balaban J connectivity index is 1.38. The zero-order valence-corrected chi connectivity index (χ0v) is 28.5. The van der Waals surface area contributed by atoms with E-state index in [0.717, 1.165) is 4.90 Å². The summed E-state index contributed by atoms with van der Waals surface area (Å²) in [5.41, 5.74) is 0.772. The second-order valence-electron chi connectivity index (χ2n) is 13.3. The Bertz CT molecular complexity index is 2060. The maximum atomic E-state index is 15.1. The summed E-state index contributed by atoms with van der Waals surface area (Å²) in [7, 11) is 0. The standard InChI is InChI=1S/C36H29Cl2F3N4O7/c37-19-9-7-17(8-10-19)35-24(32(50)45(34(35)52)43-30-25(38)14-18(16-42-30)36(39,40)41)15-23-20(29(35)21-4-1-2-5-26(21)46)11-12-22-28(23)33(51)44(31(22)49)13-3-6-27(47)48/h1-2,4-5,7-11,14,16,22-24,28-29,46H,3,6,12-13,15H2,(H,42,43)(H,47,48). The summed E-state index contributed by atoms with van der Waals surface area (Å²) in [6.45, 7) is -0.101. The molecule has 3 heterocycles. The molecule has 2 saturated heterocycles. The summed E-state index contributed by atoms with van der Waals surface area (Å²) in [5, 5.41) is 21.0. The van der Waals surface area contributed by atoms with Crippen molar-refractivity contribution in [2.75, 3.05) is 12.0 Å². The molecule has 16 heteroatoms. The molecule has 0 bridgehead atoms. The second-order valence-corrected chi connectivity index (χ2v) is 14.1. The average molecular weight is 758 g/mol. The summed E-state index contributed by atoms with van der Waals surface area (Å²) < 4.78 is 40.2. The maximum absolute atomic E-state index is 15.1. The van der Waals surface area contributed by atoms with Gasteiger partial charge in [-0.1, -0.05) is 65.2 Å². The number of hydrogen-bond acceptors (Lipinski definition) is 8. The van der Waals surface area contributed by atoms with Gasteiger partial charge in [-0.2, -0.15) is 18.2 Å². The molecule has 3 N–H and O–H groups in total. The van der Waals surface area contributed by atoms with Crippen LogP contribution in [0.4, 0.5) is 19.0 Å². The number of hydrazine groups is 1. The lowest BCUT2D eigenvalue weighted by Gasteiger charge is -2.50. The fraction of sp³-hybridized carbons (Fsp3) is 0.333. The van der Waals surface area contributed by atoms with Crippen LogP contribution in [0.2, 0.25) is 10.0 Å². The molecule has 2 aliphatic heterocycles. The van der Waals surface area contributed by atoms with Crippen molar-refractivity contribution in [1.29, 1.82) is 0 Å². The number of carboxylic acids is 1. The highest BCUT2D eigenvalue weighted by atomic mass is 35.5. The third kappa shape index (κ3) is 5.50. The highest BCUT2D eigenvalue weighted by molar-refractivity contribution is 6.33. The molecule has 7 rings (SSSR count). The molecule has 1 saturated carbocycles. The van der Waals surface area contributed by atoms with Crippen LogP contribution < -0.4 is 5.43 Å². The van der Waals surface area contributed by atoms with E-state index in [-0.39, 0.29) is 43.5 Å². The Morgan fingerprint density at radius 2 is 1.71 bits per heavy atom. The van der Waals surface area contributed by atoms with Gasteiger partial charge in [0.25, 0.3) is 11.8 Å². The van der Waals surface area contributed by atoms with Crippen molar-refractivity contribution < 1.29 is 47.4 Å². The monoisotopic (exact) mass is 756 g/mol. The number of para-hydroxylation sites is 1. The van der Waals surface area contributed by atoms with Crippen LogP contribution in [0.15, 0.2) is 72.4 Å². The van der Waals surface area contributed by atoms with Crippen LogP contribution in [0.5, 0.6) is 5.75 Å². The van der Waals surface area contributed by atoms with E-state index in [1.54, 1.807) is 36.4 Å². The van der Waals surface area contributed by atoms with Gasteiger partial charge >= 0.3 is 12.1 Å². The first kappa shape index (κ1) is 35.5. The predicted molar refractivity (Wildman–Crippen MR) is 179 cm³/mol. The number of rotatable bonds is 8. The van der Waals surface area contributed by atoms with Crippen molar-refractivity contribution in [3.05, 3.63) is 99.2 Å². The molecule has 270 valence electrons. The summed E-state index contributed by atoms with van der Waals surface area (Å²) in [6.07, 6.45) is -2.66. The summed E-state index contributed by atoms with van der Waals surface area (Å²) in [5.74, 6) is -9.08. The van der Waals surface area contributed by atoms with E-state index in [4.69, 9.17) is 28.3 Å². The SMILES string of the molecule is O=C(O)CCCN1C(=O)C2CC=C3C(CC4C(=O)N(Nc5ncc(C(F)(F)F)cc5Cl)C(=O)C4(c4ccc(Cl)cc4)C3c3ccccc3O)C2C1=O. The first-order chi connectivity index (χ1) is 24.7. The normalized spacial score (nSPS) is 26.9. The van der Waals surface area contributed by atoms with Crippen molar-refractivity contribution in [3.63, 3.8) is 0 Å². The summed E-state index contributed by atoms with van der Waals surface area (Å²) in [6, 6.07) is 13.1. The Morgan fingerprint density at radius 3 is 2.37 bits per heavy atom. The van der Waals surface area contributed by atoms with E-state index in [0.29, 0.717) is 33.4 Å². The number of allylic oxidation sites excluding steroid dienone is 2. The van der Waals surface area contributed by atoms with Crippen LogP contribution in [0, 0.1) is 23.7 Å². The second kappa shape index (κ2) is 12.9. The zero-order chi connectivity index (χ0) is 37.3. The molecule has 6 unspecified atom stereocenters. The summed E-state index contributed by atoms with van der Waals surface area (Å²) >= 11 is 12.5. The fourth-order valence-electron chi connectivity index (χ4n) is 8.53. The number of aromatic nitrogens is 1. The third-order valence-corrected chi connectivity index (χ3v) is 11.2. The lowest BCUT2D eigenvalue weighted by Crippen LogP contribution is -2.53. The molecule has 52 heavy (non-hydrogen) atoms. The van der Waals surface area contributed by atoms with Crippen molar-refractivity contribution in [2.45, 2.75) is 43.2 Å². The van der Waals surface area contributed by atoms with Gasteiger partial charge in [0.05, 0.1) is 33.8 Å². The van der Waals surface area contributed by atoms with Crippen molar-refractivity contribution in [2.24, 2.45) is 23.7 Å². The Labute approximate surface area is 304 Å². The van der Waals surface area contributed by atoms with Gasteiger partial charge in [-0.05, 0) is 55.0 Å². The number of pyridine rings is 1. The number of aliphatic carboxylic acids is 1. The van der Waals surface area contributed by atoms with E-state index in [1.807, 2.05) is 0 Å². The number of carboxylic acid groups (broad SMARTS) is 1. The predicted octanol–water partition coefficient (Wildman–Crippen LogP) is 5.96. The lowest BCUT2D eigenvalue weighted by atomic mass is 9.49. The minimum absolute atomic E-state index is 0.0498. The number of hydrogen-bond donors (Lipinski definition) is 3. The molecule has 4 aliphatic rings. The molecule has 0 radical (unpaired) electrons. The van der Waals surface area contributed by atoms with Gasteiger partial charge in [0, 0.05) is 35.7 Å². The molecule has 4 amide bonds.